The Hall–Kier alpha value is -3.67. The molecule has 2 aromatic rings. The predicted octanol–water partition coefficient (Wildman–Crippen LogP) is 3.40. The summed E-state index contributed by atoms with van der Waals surface area (Å²) in [4.78, 5) is 39.0. The van der Waals surface area contributed by atoms with Gasteiger partial charge in [-0.25, -0.2) is 8.42 Å². The van der Waals surface area contributed by atoms with Crippen LogP contribution in [0.25, 0.3) is 0 Å². The lowest BCUT2D eigenvalue weighted by atomic mass is 10.1. The fraction of sp³-hybridized carbons (Fsp3) is 0.462. The van der Waals surface area contributed by atoms with Crippen LogP contribution >= 0.6 is 0 Å². The second-order valence-electron chi connectivity index (χ2n) is 9.11. The van der Waals surface area contributed by atoms with Gasteiger partial charge in [0.2, 0.25) is 21.8 Å². The molecule has 2 amide bonds. The van der Waals surface area contributed by atoms with Gasteiger partial charge in [0, 0.05) is 24.7 Å². The Morgan fingerprint density at radius 1 is 1.13 bits per heavy atom. The van der Waals surface area contributed by atoms with Gasteiger partial charge in [0.1, 0.15) is 18.3 Å². The van der Waals surface area contributed by atoms with Gasteiger partial charge < -0.3 is 15.0 Å². The molecule has 2 atom stereocenters. The highest BCUT2D eigenvalue weighted by Gasteiger charge is 2.33. The number of rotatable bonds is 13. The lowest BCUT2D eigenvalue weighted by Crippen LogP contribution is -2.53. The van der Waals surface area contributed by atoms with E-state index in [1.165, 1.54) is 24.1 Å². The summed E-state index contributed by atoms with van der Waals surface area (Å²) in [5.41, 5.74) is 0.840. The van der Waals surface area contributed by atoms with Crippen LogP contribution in [-0.2, 0) is 26.2 Å². The Balaban J connectivity index is 2.54. The third kappa shape index (κ3) is 7.91. The minimum absolute atomic E-state index is 0.0217. The number of anilines is 1. The Bertz CT molecular complexity index is 1270. The van der Waals surface area contributed by atoms with E-state index in [-0.39, 0.29) is 36.3 Å². The first-order valence-electron chi connectivity index (χ1n) is 12.3. The molecule has 11 nitrogen and oxygen atoms in total. The molecule has 0 saturated heterocycles. The SMILES string of the molecule is CC[C@H](C(=O)N[C@@H](C)CC)N(Cc1cccc(OC)c1)C(=O)CN(c1cc([N+](=O)[O-])ccc1C)S(C)(=O)=O. The van der Waals surface area contributed by atoms with Crippen molar-refractivity contribution in [2.45, 2.75) is 59.2 Å². The molecule has 0 spiro atoms. The van der Waals surface area contributed by atoms with Crippen LogP contribution in [-0.4, -0.2) is 62.0 Å². The first-order chi connectivity index (χ1) is 17.8. The second-order valence-corrected chi connectivity index (χ2v) is 11.0. The normalized spacial score (nSPS) is 12.8. The number of nitrogens with zero attached hydrogens (tertiary/aromatic N) is 3. The van der Waals surface area contributed by atoms with Crippen molar-refractivity contribution in [2.24, 2.45) is 0 Å². The molecule has 0 unspecified atom stereocenters. The summed E-state index contributed by atoms with van der Waals surface area (Å²) in [5, 5.41) is 14.3. The minimum Gasteiger partial charge on any atom is -0.497 e. The highest BCUT2D eigenvalue weighted by Crippen LogP contribution is 2.28. The zero-order chi connectivity index (χ0) is 28.6. The second kappa shape index (κ2) is 13.2. The Morgan fingerprint density at radius 3 is 2.37 bits per heavy atom. The molecule has 0 saturated carbocycles. The zero-order valence-corrected chi connectivity index (χ0v) is 23.4. The van der Waals surface area contributed by atoms with Crippen LogP contribution < -0.4 is 14.4 Å². The number of benzene rings is 2. The van der Waals surface area contributed by atoms with Crippen LogP contribution in [0, 0.1) is 17.0 Å². The molecule has 38 heavy (non-hydrogen) atoms. The van der Waals surface area contributed by atoms with Crippen molar-refractivity contribution in [1.82, 2.24) is 10.2 Å². The van der Waals surface area contributed by atoms with Gasteiger partial charge in [-0.3, -0.25) is 24.0 Å². The first kappa shape index (κ1) is 30.6. The van der Waals surface area contributed by atoms with E-state index in [1.54, 1.807) is 38.1 Å². The van der Waals surface area contributed by atoms with Crippen molar-refractivity contribution in [1.29, 1.82) is 0 Å². The quantitative estimate of drug-likeness (QED) is 0.299. The number of non-ortho nitro benzene ring substituents is 1. The molecule has 0 bridgehead atoms. The van der Waals surface area contributed by atoms with E-state index in [0.29, 0.717) is 23.3 Å². The number of carbonyl (C=O) groups excluding carboxylic acids is 2. The summed E-state index contributed by atoms with van der Waals surface area (Å²) in [6, 6.07) is 9.84. The number of nitrogens with one attached hydrogen (secondary N) is 1. The smallest absolute Gasteiger partial charge is 0.271 e. The number of amides is 2. The van der Waals surface area contributed by atoms with Gasteiger partial charge in [-0.1, -0.05) is 32.0 Å². The summed E-state index contributed by atoms with van der Waals surface area (Å²) in [6.45, 7) is 6.54. The molecular formula is C26H36N4O7S. The van der Waals surface area contributed by atoms with E-state index in [9.17, 15) is 28.1 Å². The van der Waals surface area contributed by atoms with Gasteiger partial charge in [-0.05, 0) is 49.9 Å². The number of hydrogen-bond acceptors (Lipinski definition) is 7. The maximum atomic E-state index is 13.8. The number of nitro benzene ring substituents is 1. The van der Waals surface area contributed by atoms with Crippen LogP contribution in [0.5, 0.6) is 5.75 Å². The van der Waals surface area contributed by atoms with Gasteiger partial charge >= 0.3 is 0 Å². The van der Waals surface area contributed by atoms with Crippen molar-refractivity contribution >= 4 is 33.2 Å². The average molecular weight is 549 g/mol. The van der Waals surface area contributed by atoms with E-state index < -0.39 is 33.4 Å². The summed E-state index contributed by atoms with van der Waals surface area (Å²) >= 11 is 0. The molecular weight excluding hydrogens is 512 g/mol. The van der Waals surface area contributed by atoms with Gasteiger partial charge in [0.15, 0.2) is 0 Å². The van der Waals surface area contributed by atoms with Crippen molar-refractivity contribution < 1.29 is 27.7 Å². The number of carbonyl (C=O) groups is 2. The molecule has 2 rings (SSSR count). The Morgan fingerprint density at radius 2 is 1.82 bits per heavy atom. The van der Waals surface area contributed by atoms with Crippen molar-refractivity contribution in [2.75, 3.05) is 24.2 Å². The average Bonchev–Trinajstić information content (AvgIpc) is 2.86. The number of sulfonamides is 1. The third-order valence-electron chi connectivity index (χ3n) is 6.23. The summed E-state index contributed by atoms with van der Waals surface area (Å²) < 4.78 is 31.8. The molecule has 0 aromatic heterocycles. The topological polar surface area (TPSA) is 139 Å². The maximum Gasteiger partial charge on any atom is 0.271 e. The lowest BCUT2D eigenvalue weighted by Gasteiger charge is -2.33. The maximum absolute atomic E-state index is 13.8. The van der Waals surface area contributed by atoms with Gasteiger partial charge in [0.25, 0.3) is 5.69 Å². The highest BCUT2D eigenvalue weighted by molar-refractivity contribution is 7.92. The van der Waals surface area contributed by atoms with Crippen LogP contribution in [0.4, 0.5) is 11.4 Å². The van der Waals surface area contributed by atoms with Gasteiger partial charge in [0.05, 0.1) is 24.0 Å². The predicted molar refractivity (Wildman–Crippen MR) is 146 cm³/mol. The number of nitro groups is 1. The summed E-state index contributed by atoms with van der Waals surface area (Å²) in [6.07, 6.45) is 1.91. The van der Waals surface area contributed by atoms with Gasteiger partial charge in [-0.15, -0.1) is 0 Å². The molecule has 0 aliphatic rings. The fourth-order valence-electron chi connectivity index (χ4n) is 3.90. The minimum atomic E-state index is -4.03. The molecule has 0 aliphatic carbocycles. The van der Waals surface area contributed by atoms with Crippen LogP contribution in [0.3, 0.4) is 0 Å². The van der Waals surface area contributed by atoms with E-state index in [4.69, 9.17) is 4.74 Å². The highest BCUT2D eigenvalue weighted by atomic mass is 32.2. The number of ether oxygens (including phenoxy) is 1. The standard InChI is InChI=1S/C26H36N4O7S/c1-7-19(4)27-26(32)23(8-2)28(16-20-10-9-11-22(14-20)37-5)25(31)17-29(38(6,35)36)24-15-21(30(33)34)13-12-18(24)3/h9-15,19,23H,7-8,16-17H2,1-6H3,(H,27,32)/t19-,23+/m0/s1. The number of hydrogen-bond donors (Lipinski definition) is 1. The lowest BCUT2D eigenvalue weighted by molar-refractivity contribution is -0.384. The Labute approximate surface area is 224 Å². The summed E-state index contributed by atoms with van der Waals surface area (Å²) in [5.74, 6) is -0.414. The molecule has 0 aliphatic heterocycles. The molecule has 12 heteroatoms. The molecule has 0 heterocycles. The monoisotopic (exact) mass is 548 g/mol. The van der Waals surface area contributed by atoms with Crippen LogP contribution in [0.1, 0.15) is 44.7 Å². The van der Waals surface area contributed by atoms with E-state index in [0.717, 1.165) is 16.6 Å². The summed E-state index contributed by atoms with van der Waals surface area (Å²) in [7, 11) is -2.51. The number of methoxy groups -OCH3 is 1. The van der Waals surface area contributed by atoms with E-state index in [2.05, 4.69) is 5.32 Å². The molecule has 2 aromatic carbocycles. The molecule has 1 N–H and O–H groups in total. The fourth-order valence-corrected chi connectivity index (χ4v) is 4.80. The molecule has 0 fully saturated rings. The van der Waals surface area contributed by atoms with Crippen LogP contribution in [0.2, 0.25) is 0 Å². The van der Waals surface area contributed by atoms with Crippen molar-refractivity contribution in [3.05, 3.63) is 63.7 Å². The van der Waals surface area contributed by atoms with Crippen molar-refractivity contribution in [3.63, 3.8) is 0 Å². The first-order valence-corrected chi connectivity index (χ1v) is 14.1. The van der Waals surface area contributed by atoms with E-state index in [1.807, 2.05) is 13.8 Å². The zero-order valence-electron chi connectivity index (χ0n) is 22.6. The van der Waals surface area contributed by atoms with E-state index >= 15 is 0 Å². The van der Waals surface area contributed by atoms with Gasteiger partial charge in [-0.2, -0.15) is 0 Å². The number of aryl methyl sites for hydroxylation is 1. The van der Waals surface area contributed by atoms with Crippen molar-refractivity contribution in [3.8, 4) is 5.75 Å². The van der Waals surface area contributed by atoms with Crippen LogP contribution in [0.15, 0.2) is 42.5 Å². The molecule has 208 valence electrons. The largest absolute Gasteiger partial charge is 0.497 e. The molecule has 0 radical (unpaired) electrons. The Kier molecular flexibility index (Phi) is 10.6. The third-order valence-corrected chi connectivity index (χ3v) is 7.35.